The van der Waals surface area contributed by atoms with Crippen LogP contribution in [0.1, 0.15) is 44.7 Å². The van der Waals surface area contributed by atoms with E-state index in [-0.39, 0.29) is 31.1 Å². The van der Waals surface area contributed by atoms with E-state index < -0.39 is 35.0 Å². The van der Waals surface area contributed by atoms with E-state index in [1.54, 1.807) is 30.3 Å². The number of carbonyl (C=O) groups excluding carboxylic acids is 2. The van der Waals surface area contributed by atoms with Gasteiger partial charge in [-0.05, 0) is 43.2 Å². The highest BCUT2D eigenvalue weighted by atomic mass is 19.4. The number of alkyl halides is 6. The van der Waals surface area contributed by atoms with E-state index in [4.69, 9.17) is 0 Å². The van der Waals surface area contributed by atoms with Crippen LogP contribution in [0.25, 0.3) is 0 Å². The molecule has 1 aliphatic heterocycles. The van der Waals surface area contributed by atoms with Gasteiger partial charge in [0.15, 0.2) is 0 Å². The standard InChI is InChI=1S/C21H18F6N2O2/c22-20(23,24)15-10-14(11-16(12-15)21(25,26)27)19(31)29-8-6-17(7-9-29)28-18(30)13-4-2-1-3-5-13/h1-5,10-12,17H,6-9H2,(H,28,30). The lowest BCUT2D eigenvalue weighted by atomic mass is 10.0. The average molecular weight is 444 g/mol. The molecule has 1 N–H and O–H groups in total. The van der Waals surface area contributed by atoms with E-state index in [1.807, 2.05) is 0 Å². The SMILES string of the molecule is O=C(NC1CCN(C(=O)c2cc(C(F)(F)F)cc(C(F)(F)F)c2)CC1)c1ccccc1. The van der Waals surface area contributed by atoms with Crippen molar-refractivity contribution in [3.05, 3.63) is 70.8 Å². The number of piperidine rings is 1. The van der Waals surface area contributed by atoms with Crippen molar-refractivity contribution in [1.29, 1.82) is 0 Å². The summed E-state index contributed by atoms with van der Waals surface area (Å²) < 4.78 is 78.1. The van der Waals surface area contributed by atoms with Crippen molar-refractivity contribution >= 4 is 11.8 Å². The van der Waals surface area contributed by atoms with Crippen LogP contribution in [0.5, 0.6) is 0 Å². The maximum atomic E-state index is 13.0. The lowest BCUT2D eigenvalue weighted by Gasteiger charge is -2.32. The number of benzene rings is 2. The Labute approximate surface area is 173 Å². The normalized spacial score (nSPS) is 15.6. The molecule has 1 aliphatic rings. The van der Waals surface area contributed by atoms with Crippen molar-refractivity contribution in [3.8, 4) is 0 Å². The Morgan fingerprint density at radius 1 is 0.806 bits per heavy atom. The summed E-state index contributed by atoms with van der Waals surface area (Å²) in [5.41, 5.74) is -3.27. The van der Waals surface area contributed by atoms with Crippen molar-refractivity contribution in [3.63, 3.8) is 0 Å². The van der Waals surface area contributed by atoms with E-state index in [0.29, 0.717) is 30.5 Å². The number of nitrogens with one attached hydrogen (secondary N) is 1. The quantitative estimate of drug-likeness (QED) is 0.695. The molecule has 1 saturated heterocycles. The first-order valence-electron chi connectivity index (χ1n) is 9.40. The molecule has 0 saturated carbocycles. The third-order valence-corrected chi connectivity index (χ3v) is 4.99. The first-order chi connectivity index (χ1) is 14.4. The number of likely N-dealkylation sites (tertiary alicyclic amines) is 1. The number of hydrogen-bond donors (Lipinski definition) is 1. The third kappa shape index (κ3) is 5.56. The van der Waals surface area contributed by atoms with Crippen LogP contribution in [-0.4, -0.2) is 35.8 Å². The lowest BCUT2D eigenvalue weighted by molar-refractivity contribution is -0.143. The minimum absolute atomic E-state index is 0.0118. The van der Waals surface area contributed by atoms with Crippen LogP contribution < -0.4 is 5.32 Å². The zero-order valence-electron chi connectivity index (χ0n) is 16.1. The molecule has 0 spiro atoms. The van der Waals surface area contributed by atoms with Gasteiger partial charge in [0, 0.05) is 30.3 Å². The number of halogens is 6. The summed E-state index contributed by atoms with van der Waals surface area (Å²) in [6, 6.07) is 9.05. The molecular weight excluding hydrogens is 426 g/mol. The van der Waals surface area contributed by atoms with E-state index in [0.717, 1.165) is 0 Å². The van der Waals surface area contributed by atoms with Gasteiger partial charge in [0.05, 0.1) is 11.1 Å². The number of carbonyl (C=O) groups is 2. The molecule has 2 amide bonds. The average Bonchev–Trinajstić information content (AvgIpc) is 2.73. The Balaban J connectivity index is 1.70. The van der Waals surface area contributed by atoms with Crippen molar-refractivity contribution in [2.75, 3.05) is 13.1 Å². The molecule has 3 rings (SSSR count). The van der Waals surface area contributed by atoms with Crippen LogP contribution >= 0.6 is 0 Å². The molecule has 0 aliphatic carbocycles. The smallest absolute Gasteiger partial charge is 0.349 e. The van der Waals surface area contributed by atoms with Crippen LogP contribution in [0.4, 0.5) is 26.3 Å². The fourth-order valence-corrected chi connectivity index (χ4v) is 3.35. The van der Waals surface area contributed by atoms with Crippen LogP contribution in [0.15, 0.2) is 48.5 Å². The molecule has 0 atom stereocenters. The van der Waals surface area contributed by atoms with Crippen molar-refractivity contribution in [2.45, 2.75) is 31.2 Å². The number of rotatable bonds is 3. The molecule has 31 heavy (non-hydrogen) atoms. The molecule has 4 nitrogen and oxygen atoms in total. The Bertz CT molecular complexity index is 916. The van der Waals surface area contributed by atoms with Crippen molar-refractivity contribution in [1.82, 2.24) is 10.2 Å². The van der Waals surface area contributed by atoms with Gasteiger partial charge in [0.25, 0.3) is 11.8 Å². The summed E-state index contributed by atoms with van der Waals surface area (Å²) in [4.78, 5) is 26.0. The van der Waals surface area contributed by atoms with Gasteiger partial charge in [0.1, 0.15) is 0 Å². The van der Waals surface area contributed by atoms with Crippen molar-refractivity contribution in [2.24, 2.45) is 0 Å². The second-order valence-corrected chi connectivity index (χ2v) is 7.20. The monoisotopic (exact) mass is 444 g/mol. The largest absolute Gasteiger partial charge is 0.416 e. The molecule has 1 heterocycles. The highest BCUT2D eigenvalue weighted by Crippen LogP contribution is 2.36. The summed E-state index contributed by atoms with van der Waals surface area (Å²) in [6.45, 7) is 0.187. The third-order valence-electron chi connectivity index (χ3n) is 4.99. The molecule has 166 valence electrons. The summed E-state index contributed by atoms with van der Waals surface area (Å²) in [6.07, 6.45) is -9.39. The van der Waals surface area contributed by atoms with E-state index in [9.17, 15) is 35.9 Å². The number of nitrogens with zero attached hydrogens (tertiary/aromatic N) is 1. The minimum Gasteiger partial charge on any atom is -0.349 e. The highest BCUT2D eigenvalue weighted by Gasteiger charge is 2.38. The molecule has 2 aromatic carbocycles. The zero-order valence-corrected chi connectivity index (χ0v) is 16.1. The molecule has 10 heteroatoms. The molecule has 0 radical (unpaired) electrons. The number of hydrogen-bond acceptors (Lipinski definition) is 2. The molecule has 0 bridgehead atoms. The second-order valence-electron chi connectivity index (χ2n) is 7.20. The van der Waals surface area contributed by atoms with Gasteiger partial charge >= 0.3 is 12.4 Å². The molecule has 0 unspecified atom stereocenters. The van der Waals surface area contributed by atoms with Crippen LogP contribution in [-0.2, 0) is 12.4 Å². The van der Waals surface area contributed by atoms with E-state index in [1.165, 1.54) is 4.90 Å². The summed E-state index contributed by atoms with van der Waals surface area (Å²) in [5.74, 6) is -1.21. The van der Waals surface area contributed by atoms with Gasteiger partial charge in [-0.2, -0.15) is 26.3 Å². The fourth-order valence-electron chi connectivity index (χ4n) is 3.35. The van der Waals surface area contributed by atoms with Crippen LogP contribution in [0.2, 0.25) is 0 Å². The van der Waals surface area contributed by atoms with Gasteiger partial charge in [-0.15, -0.1) is 0 Å². The Hall–Kier alpha value is -3.04. The predicted octanol–water partition coefficient (Wildman–Crippen LogP) is 4.76. The number of amides is 2. The summed E-state index contributed by atoms with van der Waals surface area (Å²) >= 11 is 0. The summed E-state index contributed by atoms with van der Waals surface area (Å²) in [5, 5.41) is 2.82. The van der Waals surface area contributed by atoms with E-state index in [2.05, 4.69) is 5.32 Å². The van der Waals surface area contributed by atoms with Crippen LogP contribution in [0.3, 0.4) is 0 Å². The zero-order chi connectivity index (χ0) is 22.8. The lowest BCUT2D eigenvalue weighted by Crippen LogP contribution is -2.46. The van der Waals surface area contributed by atoms with Gasteiger partial charge < -0.3 is 10.2 Å². The van der Waals surface area contributed by atoms with Gasteiger partial charge in [0.2, 0.25) is 0 Å². The fraction of sp³-hybridized carbons (Fsp3) is 0.333. The first-order valence-corrected chi connectivity index (χ1v) is 9.40. The maximum absolute atomic E-state index is 13.0. The summed E-state index contributed by atoms with van der Waals surface area (Å²) in [7, 11) is 0. The second kappa shape index (κ2) is 8.60. The predicted molar refractivity (Wildman–Crippen MR) is 99.3 cm³/mol. The Morgan fingerprint density at radius 2 is 1.32 bits per heavy atom. The highest BCUT2D eigenvalue weighted by molar-refractivity contribution is 5.95. The molecule has 1 fully saturated rings. The van der Waals surface area contributed by atoms with Crippen molar-refractivity contribution < 1.29 is 35.9 Å². The first kappa shape index (κ1) is 22.6. The van der Waals surface area contributed by atoms with Gasteiger partial charge in [-0.3, -0.25) is 9.59 Å². The minimum atomic E-state index is -5.02. The van der Waals surface area contributed by atoms with Crippen LogP contribution in [0, 0.1) is 0 Å². The van der Waals surface area contributed by atoms with Gasteiger partial charge in [-0.25, -0.2) is 0 Å². The van der Waals surface area contributed by atoms with Gasteiger partial charge in [-0.1, -0.05) is 18.2 Å². The maximum Gasteiger partial charge on any atom is 0.416 e. The Kier molecular flexibility index (Phi) is 6.28. The van der Waals surface area contributed by atoms with E-state index >= 15 is 0 Å². The topological polar surface area (TPSA) is 49.4 Å². The molecular formula is C21H18F6N2O2. The Morgan fingerprint density at radius 3 is 1.81 bits per heavy atom. The molecule has 2 aromatic rings. The molecule has 0 aromatic heterocycles.